The molecule has 3 rings (SSSR count). The molecular formula is C24H31FN2O2. The summed E-state index contributed by atoms with van der Waals surface area (Å²) in [6.45, 7) is 6.68. The second-order valence-corrected chi connectivity index (χ2v) is 7.88. The number of carbonyl (C=O) groups is 1. The van der Waals surface area contributed by atoms with E-state index in [1.54, 1.807) is 7.11 Å². The number of carbonyl (C=O) groups excluding carboxylic acids is 1. The lowest BCUT2D eigenvalue weighted by molar-refractivity contribution is -0.127. The lowest BCUT2D eigenvalue weighted by Crippen LogP contribution is -2.41. The van der Waals surface area contributed by atoms with Crippen molar-refractivity contribution in [2.24, 2.45) is 5.92 Å². The summed E-state index contributed by atoms with van der Waals surface area (Å²) in [5, 5.41) is 3.25. The minimum atomic E-state index is -0.207. The number of ether oxygens (including phenoxy) is 1. The Bertz CT molecular complexity index is 814. The van der Waals surface area contributed by atoms with Gasteiger partial charge in [-0.3, -0.25) is 9.69 Å². The van der Waals surface area contributed by atoms with E-state index in [0.717, 1.165) is 61.3 Å². The Balaban J connectivity index is 1.53. The molecule has 0 unspecified atom stereocenters. The van der Waals surface area contributed by atoms with Crippen LogP contribution in [0.5, 0.6) is 5.75 Å². The molecule has 1 amide bonds. The van der Waals surface area contributed by atoms with Gasteiger partial charge in [0.05, 0.1) is 13.2 Å². The highest BCUT2D eigenvalue weighted by atomic mass is 19.1. The van der Waals surface area contributed by atoms with Crippen LogP contribution in [0.3, 0.4) is 0 Å². The number of piperidine rings is 1. The van der Waals surface area contributed by atoms with Crippen LogP contribution in [0.1, 0.15) is 48.9 Å². The summed E-state index contributed by atoms with van der Waals surface area (Å²) in [6, 6.07) is 12.8. The van der Waals surface area contributed by atoms with Gasteiger partial charge in [-0.05, 0) is 74.2 Å². The van der Waals surface area contributed by atoms with Gasteiger partial charge in [-0.15, -0.1) is 0 Å². The number of halogens is 1. The first kappa shape index (κ1) is 21.3. The van der Waals surface area contributed by atoms with Gasteiger partial charge in [0.15, 0.2) is 0 Å². The molecule has 4 nitrogen and oxygen atoms in total. The van der Waals surface area contributed by atoms with Crippen LogP contribution >= 0.6 is 0 Å². The van der Waals surface area contributed by atoms with E-state index in [0.29, 0.717) is 0 Å². The zero-order valence-corrected chi connectivity index (χ0v) is 17.6. The standard InChI is InChI=1S/C24H31FN2O2/c1-4-22(20-7-10-23(29-3)17(2)15-20)26-24(28)19-11-13-27(14-12-19)16-18-5-8-21(25)9-6-18/h5-10,15,19,22H,4,11-14,16H2,1-3H3,(H,26,28)/t22-/m0/s1. The minimum Gasteiger partial charge on any atom is -0.496 e. The fraction of sp³-hybridized carbons (Fsp3) is 0.458. The number of nitrogens with one attached hydrogen (secondary N) is 1. The number of amides is 1. The van der Waals surface area contributed by atoms with Gasteiger partial charge in [0.1, 0.15) is 11.6 Å². The zero-order valence-electron chi connectivity index (χ0n) is 17.6. The Hall–Kier alpha value is -2.40. The summed E-state index contributed by atoms with van der Waals surface area (Å²) in [6.07, 6.45) is 2.55. The molecular weight excluding hydrogens is 367 g/mol. The molecule has 0 aromatic heterocycles. The number of hydrogen-bond acceptors (Lipinski definition) is 3. The SMILES string of the molecule is CC[C@H](NC(=O)C1CCN(Cc2ccc(F)cc2)CC1)c1ccc(OC)c(C)c1. The van der Waals surface area contributed by atoms with Crippen molar-refractivity contribution in [3.8, 4) is 5.75 Å². The third kappa shape index (κ3) is 5.57. The van der Waals surface area contributed by atoms with Gasteiger partial charge < -0.3 is 10.1 Å². The van der Waals surface area contributed by atoms with Crippen LogP contribution < -0.4 is 10.1 Å². The number of rotatable bonds is 7. The van der Waals surface area contributed by atoms with Crippen molar-refractivity contribution in [3.05, 3.63) is 65.0 Å². The van der Waals surface area contributed by atoms with Gasteiger partial charge in [-0.2, -0.15) is 0 Å². The van der Waals surface area contributed by atoms with E-state index in [2.05, 4.69) is 23.2 Å². The van der Waals surface area contributed by atoms with Gasteiger partial charge in [0.25, 0.3) is 0 Å². The predicted molar refractivity (Wildman–Crippen MR) is 113 cm³/mol. The predicted octanol–water partition coefficient (Wildman–Crippen LogP) is 4.62. The van der Waals surface area contributed by atoms with Gasteiger partial charge in [0.2, 0.25) is 5.91 Å². The molecule has 2 aromatic rings. The lowest BCUT2D eigenvalue weighted by atomic mass is 9.94. The number of nitrogens with zero attached hydrogens (tertiary/aromatic N) is 1. The molecule has 0 spiro atoms. The lowest BCUT2D eigenvalue weighted by Gasteiger charge is -2.32. The maximum absolute atomic E-state index is 13.1. The number of aryl methyl sites for hydroxylation is 1. The van der Waals surface area contributed by atoms with Crippen LogP contribution in [0.25, 0.3) is 0 Å². The Morgan fingerprint density at radius 1 is 1.21 bits per heavy atom. The largest absolute Gasteiger partial charge is 0.496 e. The van der Waals surface area contributed by atoms with Crippen LogP contribution in [0, 0.1) is 18.7 Å². The van der Waals surface area contributed by atoms with Crippen molar-refractivity contribution in [2.45, 2.75) is 45.7 Å². The molecule has 0 saturated carbocycles. The zero-order chi connectivity index (χ0) is 20.8. The van der Waals surface area contributed by atoms with Crippen LogP contribution in [0.4, 0.5) is 4.39 Å². The molecule has 0 radical (unpaired) electrons. The second kappa shape index (κ2) is 9.88. The van der Waals surface area contributed by atoms with Crippen LogP contribution in [-0.2, 0) is 11.3 Å². The Morgan fingerprint density at radius 3 is 2.48 bits per heavy atom. The highest BCUT2D eigenvalue weighted by Crippen LogP contribution is 2.26. The molecule has 1 aliphatic rings. The van der Waals surface area contributed by atoms with Gasteiger partial charge in [-0.1, -0.05) is 31.2 Å². The number of likely N-dealkylation sites (tertiary alicyclic amines) is 1. The first-order valence-electron chi connectivity index (χ1n) is 10.4. The van der Waals surface area contributed by atoms with Crippen molar-refractivity contribution in [3.63, 3.8) is 0 Å². The minimum absolute atomic E-state index is 0.0179. The Morgan fingerprint density at radius 2 is 1.90 bits per heavy atom. The third-order valence-electron chi connectivity index (χ3n) is 5.82. The molecule has 1 fully saturated rings. The number of hydrogen-bond donors (Lipinski definition) is 1. The van der Waals surface area contributed by atoms with Crippen molar-refractivity contribution in [1.82, 2.24) is 10.2 Å². The highest BCUT2D eigenvalue weighted by Gasteiger charge is 2.26. The van der Waals surface area contributed by atoms with Crippen molar-refractivity contribution in [2.75, 3.05) is 20.2 Å². The fourth-order valence-corrected chi connectivity index (χ4v) is 4.03. The monoisotopic (exact) mass is 398 g/mol. The summed E-state index contributed by atoms with van der Waals surface area (Å²) in [7, 11) is 1.67. The topological polar surface area (TPSA) is 41.6 Å². The average Bonchev–Trinajstić information content (AvgIpc) is 2.74. The van der Waals surface area contributed by atoms with E-state index in [1.165, 1.54) is 12.1 Å². The summed E-state index contributed by atoms with van der Waals surface area (Å²) < 4.78 is 18.4. The second-order valence-electron chi connectivity index (χ2n) is 7.88. The highest BCUT2D eigenvalue weighted by molar-refractivity contribution is 5.79. The van der Waals surface area contributed by atoms with E-state index < -0.39 is 0 Å². The maximum atomic E-state index is 13.1. The maximum Gasteiger partial charge on any atom is 0.223 e. The molecule has 2 aromatic carbocycles. The van der Waals surface area contributed by atoms with Crippen LogP contribution in [0.15, 0.2) is 42.5 Å². The molecule has 1 atom stereocenters. The summed E-state index contributed by atoms with van der Waals surface area (Å²) in [5.41, 5.74) is 3.30. The van der Waals surface area contributed by atoms with E-state index in [9.17, 15) is 9.18 Å². The molecule has 0 bridgehead atoms. The third-order valence-corrected chi connectivity index (χ3v) is 5.82. The van der Waals surface area contributed by atoms with Crippen LogP contribution in [0.2, 0.25) is 0 Å². The first-order valence-corrected chi connectivity index (χ1v) is 10.4. The van der Waals surface area contributed by atoms with Crippen LogP contribution in [-0.4, -0.2) is 31.0 Å². The molecule has 1 heterocycles. The van der Waals surface area contributed by atoms with E-state index in [4.69, 9.17) is 4.74 Å². The summed E-state index contributed by atoms with van der Waals surface area (Å²) in [4.78, 5) is 15.2. The quantitative estimate of drug-likeness (QED) is 0.740. The number of benzene rings is 2. The molecule has 29 heavy (non-hydrogen) atoms. The van der Waals surface area contributed by atoms with Gasteiger partial charge in [0, 0.05) is 12.5 Å². The molecule has 1 aliphatic heterocycles. The fourth-order valence-electron chi connectivity index (χ4n) is 4.03. The summed E-state index contributed by atoms with van der Waals surface area (Å²) in [5.74, 6) is 0.852. The normalized spacial score (nSPS) is 16.4. The van der Waals surface area contributed by atoms with Crippen molar-refractivity contribution >= 4 is 5.91 Å². The first-order chi connectivity index (χ1) is 14.0. The van der Waals surface area contributed by atoms with Gasteiger partial charge >= 0.3 is 0 Å². The Labute approximate surface area is 173 Å². The Kier molecular flexibility index (Phi) is 7.26. The van der Waals surface area contributed by atoms with E-state index in [-0.39, 0.29) is 23.7 Å². The smallest absolute Gasteiger partial charge is 0.223 e. The van der Waals surface area contributed by atoms with E-state index >= 15 is 0 Å². The van der Waals surface area contributed by atoms with Gasteiger partial charge in [-0.25, -0.2) is 4.39 Å². The molecule has 5 heteroatoms. The molecule has 1 saturated heterocycles. The molecule has 1 N–H and O–H groups in total. The average molecular weight is 399 g/mol. The molecule has 156 valence electrons. The van der Waals surface area contributed by atoms with Crippen molar-refractivity contribution in [1.29, 1.82) is 0 Å². The number of methoxy groups -OCH3 is 1. The molecule has 0 aliphatic carbocycles. The summed E-state index contributed by atoms with van der Waals surface area (Å²) >= 11 is 0. The van der Waals surface area contributed by atoms with Crippen molar-refractivity contribution < 1.29 is 13.9 Å². The van der Waals surface area contributed by atoms with E-state index in [1.807, 2.05) is 31.2 Å².